The number of ether oxygens (including phenoxy) is 1. The number of halogens is 1. The molecule has 2 aliphatic rings. The maximum absolute atomic E-state index is 12.9. The molecule has 2 fully saturated rings. The Balaban J connectivity index is 1.51. The lowest BCUT2D eigenvalue weighted by Crippen LogP contribution is -2.43. The Morgan fingerprint density at radius 3 is 2.59 bits per heavy atom. The Bertz CT molecular complexity index is 721. The van der Waals surface area contributed by atoms with Crippen LogP contribution in [0.1, 0.15) is 38.2 Å². The molecule has 2 amide bonds. The number of piperidine rings is 1. The second-order valence-corrected chi connectivity index (χ2v) is 8.46. The van der Waals surface area contributed by atoms with Gasteiger partial charge >= 0.3 is 0 Å². The van der Waals surface area contributed by atoms with Gasteiger partial charge in [-0.15, -0.1) is 0 Å². The van der Waals surface area contributed by atoms with Gasteiger partial charge in [-0.3, -0.25) is 9.59 Å². The van der Waals surface area contributed by atoms with Gasteiger partial charge in [0.15, 0.2) is 6.10 Å². The van der Waals surface area contributed by atoms with Crippen LogP contribution in [0.3, 0.4) is 0 Å². The highest BCUT2D eigenvalue weighted by Gasteiger charge is 2.28. The van der Waals surface area contributed by atoms with Crippen LogP contribution in [0.5, 0.6) is 5.75 Å². The van der Waals surface area contributed by atoms with Crippen LogP contribution in [0.2, 0.25) is 5.02 Å². The first kappa shape index (κ1) is 21.9. The molecule has 0 spiro atoms. The van der Waals surface area contributed by atoms with Crippen LogP contribution in [0.25, 0.3) is 0 Å². The van der Waals surface area contributed by atoms with Crippen molar-refractivity contribution in [3.8, 4) is 5.75 Å². The van der Waals surface area contributed by atoms with E-state index in [4.69, 9.17) is 16.3 Å². The average Bonchev–Trinajstić information content (AvgIpc) is 2.90. The van der Waals surface area contributed by atoms with Gasteiger partial charge in [0.25, 0.3) is 5.91 Å². The molecule has 2 saturated heterocycles. The number of amides is 2. The van der Waals surface area contributed by atoms with Crippen molar-refractivity contribution in [2.75, 3.05) is 45.8 Å². The van der Waals surface area contributed by atoms with E-state index in [-0.39, 0.29) is 11.8 Å². The number of carbonyl (C=O) groups is 2. The van der Waals surface area contributed by atoms with Crippen molar-refractivity contribution in [2.24, 2.45) is 0 Å². The van der Waals surface area contributed by atoms with Gasteiger partial charge in [-0.2, -0.15) is 0 Å². The highest BCUT2D eigenvalue weighted by molar-refractivity contribution is 6.30. The first-order valence-corrected chi connectivity index (χ1v) is 11.0. The topological polar surface area (TPSA) is 53.1 Å². The molecule has 0 saturated carbocycles. The second-order valence-electron chi connectivity index (χ2n) is 8.03. The molecule has 3 rings (SSSR count). The Hall–Kier alpha value is -1.79. The summed E-state index contributed by atoms with van der Waals surface area (Å²) in [5.41, 5.74) is 0.895. The Morgan fingerprint density at radius 1 is 1.10 bits per heavy atom. The van der Waals surface area contributed by atoms with E-state index in [1.165, 1.54) is 19.3 Å². The molecule has 1 aromatic carbocycles. The summed E-state index contributed by atoms with van der Waals surface area (Å²) >= 11 is 5.99. The highest BCUT2D eigenvalue weighted by Crippen LogP contribution is 2.23. The molecule has 1 atom stereocenters. The van der Waals surface area contributed by atoms with Crippen LogP contribution in [-0.2, 0) is 9.59 Å². The minimum Gasteiger partial charge on any atom is -0.481 e. The summed E-state index contributed by atoms with van der Waals surface area (Å²) in [5.74, 6) is 0.716. The summed E-state index contributed by atoms with van der Waals surface area (Å²) in [7, 11) is 0. The van der Waals surface area contributed by atoms with Crippen LogP contribution in [-0.4, -0.2) is 78.4 Å². The molecule has 7 heteroatoms. The first-order valence-electron chi connectivity index (χ1n) is 10.7. The smallest absolute Gasteiger partial charge is 0.263 e. The molecular weight excluding hydrogens is 390 g/mol. The third-order valence-electron chi connectivity index (χ3n) is 5.82. The molecule has 0 bridgehead atoms. The van der Waals surface area contributed by atoms with Gasteiger partial charge in [-0.05, 0) is 63.5 Å². The van der Waals surface area contributed by atoms with Crippen LogP contribution in [0.4, 0.5) is 0 Å². The normalized spacial score (nSPS) is 19.8. The number of hydrogen-bond donors (Lipinski definition) is 0. The monoisotopic (exact) mass is 421 g/mol. The van der Waals surface area contributed by atoms with E-state index in [2.05, 4.69) is 4.90 Å². The van der Waals surface area contributed by atoms with Gasteiger partial charge in [0.05, 0.1) is 0 Å². The van der Waals surface area contributed by atoms with Gasteiger partial charge < -0.3 is 19.4 Å². The van der Waals surface area contributed by atoms with Crippen molar-refractivity contribution in [1.82, 2.24) is 14.7 Å². The van der Waals surface area contributed by atoms with E-state index in [0.717, 1.165) is 31.7 Å². The number of rotatable bonds is 6. The molecule has 1 aromatic rings. The Morgan fingerprint density at radius 2 is 1.86 bits per heavy atom. The third kappa shape index (κ3) is 6.09. The van der Waals surface area contributed by atoms with E-state index in [1.807, 2.05) is 17.9 Å². The number of aryl methyl sites for hydroxylation is 1. The van der Waals surface area contributed by atoms with E-state index in [0.29, 0.717) is 36.8 Å². The van der Waals surface area contributed by atoms with Gasteiger partial charge in [0.1, 0.15) is 5.75 Å². The van der Waals surface area contributed by atoms with E-state index in [1.54, 1.807) is 24.0 Å². The standard InChI is InChI=1S/C22H32ClN3O3/c1-17-16-19(23)6-7-20(17)29-18(2)22(28)26-11-8-21(27)25(14-15-26)13-12-24-9-4-3-5-10-24/h6-7,16,18H,3-5,8-15H2,1-2H3/t18-/m0/s1. The highest BCUT2D eigenvalue weighted by atomic mass is 35.5. The lowest BCUT2D eigenvalue weighted by atomic mass is 10.1. The largest absolute Gasteiger partial charge is 0.481 e. The maximum atomic E-state index is 12.9. The van der Waals surface area contributed by atoms with Gasteiger partial charge in [-0.1, -0.05) is 18.0 Å². The van der Waals surface area contributed by atoms with Gasteiger partial charge in [0, 0.05) is 44.2 Å². The lowest BCUT2D eigenvalue weighted by Gasteiger charge is -2.29. The molecule has 0 N–H and O–H groups in total. The van der Waals surface area contributed by atoms with E-state index in [9.17, 15) is 9.59 Å². The van der Waals surface area contributed by atoms with Crippen LogP contribution in [0, 0.1) is 6.92 Å². The fraction of sp³-hybridized carbons (Fsp3) is 0.636. The Labute approximate surface area is 178 Å². The molecule has 160 valence electrons. The number of nitrogens with zero attached hydrogens (tertiary/aromatic N) is 3. The Kier molecular flexibility index (Phi) is 7.78. The predicted octanol–water partition coefficient (Wildman–Crippen LogP) is 2.96. The fourth-order valence-electron chi connectivity index (χ4n) is 4.01. The average molecular weight is 422 g/mol. The molecule has 6 nitrogen and oxygen atoms in total. The summed E-state index contributed by atoms with van der Waals surface area (Å²) in [5, 5.41) is 0.643. The zero-order chi connectivity index (χ0) is 20.8. The zero-order valence-electron chi connectivity index (χ0n) is 17.5. The summed E-state index contributed by atoms with van der Waals surface area (Å²) in [6, 6.07) is 5.36. The summed E-state index contributed by atoms with van der Waals surface area (Å²) in [6.45, 7) is 9.19. The summed E-state index contributed by atoms with van der Waals surface area (Å²) < 4.78 is 5.88. The van der Waals surface area contributed by atoms with E-state index >= 15 is 0 Å². The molecule has 0 radical (unpaired) electrons. The molecule has 0 unspecified atom stereocenters. The van der Waals surface area contributed by atoms with Crippen molar-refractivity contribution >= 4 is 23.4 Å². The van der Waals surface area contributed by atoms with Crippen molar-refractivity contribution < 1.29 is 14.3 Å². The zero-order valence-corrected chi connectivity index (χ0v) is 18.3. The van der Waals surface area contributed by atoms with Crippen LogP contribution in [0.15, 0.2) is 18.2 Å². The SMILES string of the molecule is Cc1cc(Cl)ccc1O[C@@H](C)C(=O)N1CCC(=O)N(CCN2CCCCC2)CC1. The number of likely N-dealkylation sites (tertiary alicyclic amines) is 1. The van der Waals surface area contributed by atoms with Crippen molar-refractivity contribution in [1.29, 1.82) is 0 Å². The number of carbonyl (C=O) groups excluding carboxylic acids is 2. The molecule has 0 aromatic heterocycles. The van der Waals surface area contributed by atoms with E-state index < -0.39 is 6.10 Å². The lowest BCUT2D eigenvalue weighted by molar-refractivity contribution is -0.137. The molecule has 2 aliphatic heterocycles. The van der Waals surface area contributed by atoms with Crippen molar-refractivity contribution in [3.05, 3.63) is 28.8 Å². The molecule has 29 heavy (non-hydrogen) atoms. The molecule has 2 heterocycles. The van der Waals surface area contributed by atoms with Crippen molar-refractivity contribution in [2.45, 2.75) is 45.6 Å². The minimum atomic E-state index is -0.607. The van der Waals surface area contributed by atoms with Gasteiger partial charge in [-0.25, -0.2) is 0 Å². The fourth-order valence-corrected chi connectivity index (χ4v) is 4.24. The quantitative estimate of drug-likeness (QED) is 0.708. The third-order valence-corrected chi connectivity index (χ3v) is 6.06. The number of benzene rings is 1. The second kappa shape index (κ2) is 10.3. The summed E-state index contributed by atoms with van der Waals surface area (Å²) in [4.78, 5) is 31.5. The minimum absolute atomic E-state index is 0.0787. The first-order chi connectivity index (χ1) is 13.9. The molecule has 0 aliphatic carbocycles. The summed E-state index contributed by atoms with van der Waals surface area (Å²) in [6.07, 6.45) is 3.58. The van der Waals surface area contributed by atoms with Crippen LogP contribution < -0.4 is 4.74 Å². The number of hydrogen-bond acceptors (Lipinski definition) is 4. The maximum Gasteiger partial charge on any atom is 0.263 e. The van der Waals surface area contributed by atoms with Crippen LogP contribution >= 0.6 is 11.6 Å². The van der Waals surface area contributed by atoms with Crippen molar-refractivity contribution in [3.63, 3.8) is 0 Å². The molecular formula is C22H32ClN3O3. The van der Waals surface area contributed by atoms with Gasteiger partial charge in [0.2, 0.25) is 5.91 Å². The predicted molar refractivity (Wildman–Crippen MR) is 114 cm³/mol.